The first-order valence-corrected chi connectivity index (χ1v) is 5.68. The van der Waals surface area contributed by atoms with Crippen LogP contribution in [0.25, 0.3) is 0 Å². The van der Waals surface area contributed by atoms with Crippen molar-refractivity contribution >= 4 is 12.4 Å². The quantitative estimate of drug-likeness (QED) is 0.819. The van der Waals surface area contributed by atoms with E-state index >= 15 is 0 Å². The van der Waals surface area contributed by atoms with Crippen LogP contribution in [0.5, 0.6) is 5.88 Å². The van der Waals surface area contributed by atoms with E-state index in [-0.39, 0.29) is 12.4 Å². The highest BCUT2D eigenvalue weighted by atomic mass is 35.5. The maximum atomic E-state index is 8.87. The molecule has 0 unspecified atom stereocenters. The van der Waals surface area contributed by atoms with Crippen LogP contribution in [-0.2, 0) is 4.74 Å². The van der Waals surface area contributed by atoms with Gasteiger partial charge in [-0.1, -0.05) is 0 Å². The van der Waals surface area contributed by atoms with Gasteiger partial charge in [-0.05, 0) is 12.1 Å². The molecular weight excluding hydrogens is 254 g/mol. The summed E-state index contributed by atoms with van der Waals surface area (Å²) in [6, 6.07) is 5.50. The van der Waals surface area contributed by atoms with Crippen molar-refractivity contribution in [3.63, 3.8) is 0 Å². The van der Waals surface area contributed by atoms with Gasteiger partial charge in [0.25, 0.3) is 0 Å². The van der Waals surface area contributed by atoms with Crippen molar-refractivity contribution in [3.05, 3.63) is 23.9 Å². The number of rotatable bonds is 4. The van der Waals surface area contributed by atoms with Crippen molar-refractivity contribution in [2.24, 2.45) is 0 Å². The van der Waals surface area contributed by atoms with Crippen molar-refractivity contribution in [2.45, 2.75) is 0 Å². The molecule has 0 aliphatic carbocycles. The summed E-state index contributed by atoms with van der Waals surface area (Å²) in [4.78, 5) is 6.32. The van der Waals surface area contributed by atoms with Crippen molar-refractivity contribution in [3.8, 4) is 11.9 Å². The average molecular weight is 270 g/mol. The summed E-state index contributed by atoms with van der Waals surface area (Å²) >= 11 is 0. The van der Waals surface area contributed by atoms with Crippen LogP contribution in [0.3, 0.4) is 0 Å². The maximum Gasteiger partial charge on any atom is 0.231 e. The average Bonchev–Trinajstić information content (AvgIpc) is 2.40. The number of morpholine rings is 1. The summed E-state index contributed by atoms with van der Waals surface area (Å²) in [5.41, 5.74) is 0.481. The molecule has 0 saturated carbocycles. The molecule has 0 bridgehead atoms. The SMILES string of the molecule is Cl.N#Cc1cccnc1OCCN1CCOCC1. The number of aromatic nitrogens is 1. The Morgan fingerprint density at radius 3 is 2.94 bits per heavy atom. The lowest BCUT2D eigenvalue weighted by molar-refractivity contribution is 0.0320. The number of hydrogen-bond acceptors (Lipinski definition) is 5. The van der Waals surface area contributed by atoms with E-state index in [1.54, 1.807) is 18.3 Å². The summed E-state index contributed by atoms with van der Waals surface area (Å²) in [6.07, 6.45) is 1.63. The fraction of sp³-hybridized carbons (Fsp3) is 0.500. The Morgan fingerprint density at radius 2 is 2.22 bits per heavy atom. The van der Waals surface area contributed by atoms with Gasteiger partial charge < -0.3 is 9.47 Å². The molecule has 1 fully saturated rings. The van der Waals surface area contributed by atoms with Crippen molar-refractivity contribution < 1.29 is 9.47 Å². The van der Waals surface area contributed by atoms with E-state index in [9.17, 15) is 0 Å². The first kappa shape index (κ1) is 14.7. The molecule has 1 aliphatic rings. The predicted octanol–water partition coefficient (Wildman–Crippen LogP) is 1.09. The highest BCUT2D eigenvalue weighted by Crippen LogP contribution is 2.12. The Morgan fingerprint density at radius 1 is 1.44 bits per heavy atom. The normalized spacial score (nSPS) is 15.5. The molecule has 5 nitrogen and oxygen atoms in total. The minimum Gasteiger partial charge on any atom is -0.475 e. The fourth-order valence-electron chi connectivity index (χ4n) is 1.69. The van der Waals surface area contributed by atoms with Crippen molar-refractivity contribution in [2.75, 3.05) is 39.5 Å². The van der Waals surface area contributed by atoms with Crippen LogP contribution in [-0.4, -0.2) is 49.3 Å². The number of hydrogen-bond donors (Lipinski definition) is 0. The van der Waals surface area contributed by atoms with Crippen LogP contribution >= 0.6 is 12.4 Å². The summed E-state index contributed by atoms with van der Waals surface area (Å²) in [5, 5.41) is 8.87. The second-order valence-corrected chi connectivity index (χ2v) is 3.77. The molecule has 6 heteroatoms. The number of nitrogens with zero attached hydrogens (tertiary/aromatic N) is 3. The largest absolute Gasteiger partial charge is 0.475 e. The van der Waals surface area contributed by atoms with Crippen molar-refractivity contribution in [1.82, 2.24) is 9.88 Å². The zero-order chi connectivity index (χ0) is 11.9. The smallest absolute Gasteiger partial charge is 0.231 e. The minimum atomic E-state index is 0. The Bertz CT molecular complexity index is 403. The molecule has 0 atom stereocenters. The van der Waals surface area contributed by atoms with E-state index in [1.165, 1.54) is 0 Å². The van der Waals surface area contributed by atoms with Crippen LogP contribution < -0.4 is 4.74 Å². The molecular formula is C12H16ClN3O2. The standard InChI is InChI=1S/C12H15N3O2.ClH/c13-10-11-2-1-3-14-12(11)17-9-6-15-4-7-16-8-5-15;/h1-3H,4-9H2;1H. The van der Waals surface area contributed by atoms with Gasteiger partial charge in [0.15, 0.2) is 0 Å². The molecule has 1 aliphatic heterocycles. The maximum absolute atomic E-state index is 8.87. The molecule has 1 aromatic rings. The van der Waals surface area contributed by atoms with Gasteiger partial charge in [-0.25, -0.2) is 4.98 Å². The van der Waals surface area contributed by atoms with Gasteiger partial charge in [0.1, 0.15) is 18.2 Å². The summed E-state index contributed by atoms with van der Waals surface area (Å²) < 4.78 is 10.8. The second-order valence-electron chi connectivity index (χ2n) is 3.77. The Labute approximate surface area is 113 Å². The molecule has 0 N–H and O–H groups in total. The van der Waals surface area contributed by atoms with E-state index < -0.39 is 0 Å². The molecule has 0 aromatic carbocycles. The molecule has 1 aromatic heterocycles. The van der Waals surface area contributed by atoms with Gasteiger partial charge >= 0.3 is 0 Å². The Balaban J connectivity index is 0.00000162. The molecule has 18 heavy (non-hydrogen) atoms. The lowest BCUT2D eigenvalue weighted by atomic mass is 10.3. The molecule has 0 radical (unpaired) electrons. The summed E-state index contributed by atoms with van der Waals surface area (Å²) in [6.45, 7) is 4.84. The van der Waals surface area contributed by atoms with E-state index in [2.05, 4.69) is 16.0 Å². The van der Waals surface area contributed by atoms with Crippen LogP contribution in [0.1, 0.15) is 5.56 Å². The molecule has 0 amide bonds. The van der Waals surface area contributed by atoms with E-state index in [4.69, 9.17) is 14.7 Å². The van der Waals surface area contributed by atoms with Crippen LogP contribution in [0, 0.1) is 11.3 Å². The Hall–Kier alpha value is -1.35. The number of halogens is 1. The zero-order valence-corrected chi connectivity index (χ0v) is 10.9. The van der Waals surface area contributed by atoms with E-state index in [0.717, 1.165) is 32.8 Å². The lowest BCUT2D eigenvalue weighted by Crippen LogP contribution is -2.38. The number of pyridine rings is 1. The van der Waals surface area contributed by atoms with Gasteiger partial charge in [-0.15, -0.1) is 12.4 Å². The first-order chi connectivity index (χ1) is 8.40. The second kappa shape index (κ2) is 7.88. The van der Waals surface area contributed by atoms with Crippen LogP contribution in [0.4, 0.5) is 0 Å². The van der Waals surface area contributed by atoms with Gasteiger partial charge in [-0.2, -0.15) is 5.26 Å². The third-order valence-corrected chi connectivity index (χ3v) is 2.64. The van der Waals surface area contributed by atoms with Gasteiger partial charge in [0.05, 0.1) is 13.2 Å². The number of nitriles is 1. The minimum absolute atomic E-state index is 0. The molecule has 1 saturated heterocycles. The van der Waals surface area contributed by atoms with E-state index in [0.29, 0.717) is 18.1 Å². The monoisotopic (exact) mass is 269 g/mol. The van der Waals surface area contributed by atoms with E-state index in [1.807, 2.05) is 0 Å². The third-order valence-electron chi connectivity index (χ3n) is 2.64. The topological polar surface area (TPSA) is 58.4 Å². The van der Waals surface area contributed by atoms with Crippen LogP contribution in [0.15, 0.2) is 18.3 Å². The summed E-state index contributed by atoms with van der Waals surface area (Å²) in [5.74, 6) is 0.420. The van der Waals surface area contributed by atoms with Gasteiger partial charge in [0, 0.05) is 25.8 Å². The molecule has 2 heterocycles. The fourth-order valence-corrected chi connectivity index (χ4v) is 1.69. The Kier molecular flexibility index (Phi) is 6.44. The highest BCUT2D eigenvalue weighted by molar-refractivity contribution is 5.85. The first-order valence-electron chi connectivity index (χ1n) is 5.68. The molecule has 98 valence electrons. The van der Waals surface area contributed by atoms with Gasteiger partial charge in [0.2, 0.25) is 5.88 Å². The third kappa shape index (κ3) is 4.15. The highest BCUT2D eigenvalue weighted by Gasteiger charge is 2.10. The molecule has 2 rings (SSSR count). The van der Waals surface area contributed by atoms with Crippen molar-refractivity contribution in [1.29, 1.82) is 5.26 Å². The van der Waals surface area contributed by atoms with Gasteiger partial charge in [-0.3, -0.25) is 4.90 Å². The summed E-state index contributed by atoms with van der Waals surface area (Å²) in [7, 11) is 0. The lowest BCUT2D eigenvalue weighted by Gasteiger charge is -2.26. The number of ether oxygens (including phenoxy) is 2. The predicted molar refractivity (Wildman–Crippen MR) is 69.0 cm³/mol. The zero-order valence-electron chi connectivity index (χ0n) is 10.0. The molecule has 0 spiro atoms. The van der Waals surface area contributed by atoms with Crippen LogP contribution in [0.2, 0.25) is 0 Å².